The summed E-state index contributed by atoms with van der Waals surface area (Å²) in [6, 6.07) is 14.0. The zero-order valence-corrected chi connectivity index (χ0v) is 14.6. The van der Waals surface area contributed by atoms with Crippen molar-refractivity contribution < 1.29 is 14.5 Å². The molecule has 1 fully saturated rings. The van der Waals surface area contributed by atoms with E-state index in [0.717, 1.165) is 5.69 Å². The van der Waals surface area contributed by atoms with Crippen molar-refractivity contribution in [1.29, 1.82) is 0 Å². The normalized spacial score (nSPS) is 14.1. The minimum absolute atomic E-state index is 0.0538. The van der Waals surface area contributed by atoms with E-state index >= 15 is 0 Å². The predicted octanol–water partition coefficient (Wildman–Crippen LogP) is 3.10. The molecule has 136 valence electrons. The molecule has 7 heteroatoms. The monoisotopic (exact) mass is 355 g/mol. The third-order valence-electron chi connectivity index (χ3n) is 4.40. The van der Waals surface area contributed by atoms with Crippen molar-refractivity contribution in [3.63, 3.8) is 0 Å². The number of carbonyl (C=O) groups excluding carboxylic acids is 1. The summed E-state index contributed by atoms with van der Waals surface area (Å²) in [5, 5.41) is 11.6. The van der Waals surface area contributed by atoms with Crippen molar-refractivity contribution in [2.24, 2.45) is 0 Å². The van der Waals surface area contributed by atoms with Gasteiger partial charge in [-0.2, -0.15) is 0 Å². The number of hydrogen-bond donors (Lipinski definition) is 0. The van der Waals surface area contributed by atoms with E-state index < -0.39 is 4.92 Å². The number of hydrogen-bond acceptors (Lipinski definition) is 5. The molecule has 0 saturated carbocycles. The van der Waals surface area contributed by atoms with Crippen molar-refractivity contribution >= 4 is 23.0 Å². The molecule has 2 aromatic carbocycles. The number of benzene rings is 2. The summed E-state index contributed by atoms with van der Waals surface area (Å²) < 4.78 is 5.31. The van der Waals surface area contributed by atoms with Crippen LogP contribution < -0.4 is 9.80 Å². The van der Waals surface area contributed by atoms with Gasteiger partial charge in [0.25, 0.3) is 11.6 Å². The highest BCUT2D eigenvalue weighted by Gasteiger charge is 2.25. The van der Waals surface area contributed by atoms with Crippen molar-refractivity contribution in [1.82, 2.24) is 0 Å². The third kappa shape index (κ3) is 3.67. The molecule has 0 atom stereocenters. The summed E-state index contributed by atoms with van der Waals surface area (Å²) in [5.41, 5.74) is 1.54. The molecule has 0 radical (unpaired) electrons. The van der Waals surface area contributed by atoms with Crippen LogP contribution in [0, 0.1) is 10.1 Å². The van der Waals surface area contributed by atoms with E-state index in [2.05, 4.69) is 0 Å². The van der Waals surface area contributed by atoms with E-state index in [1.807, 2.05) is 42.2 Å². The number of para-hydroxylation sites is 1. The van der Waals surface area contributed by atoms with Crippen LogP contribution in [-0.4, -0.2) is 43.7 Å². The molecule has 2 aromatic rings. The summed E-state index contributed by atoms with van der Waals surface area (Å²) >= 11 is 0. The minimum atomic E-state index is -0.430. The summed E-state index contributed by atoms with van der Waals surface area (Å²) in [4.78, 5) is 27.6. The predicted molar refractivity (Wildman–Crippen MR) is 99.9 cm³/mol. The van der Waals surface area contributed by atoms with Gasteiger partial charge in [-0.25, -0.2) is 0 Å². The van der Waals surface area contributed by atoms with E-state index in [4.69, 9.17) is 4.74 Å². The number of ether oxygens (including phenoxy) is 1. The highest BCUT2D eigenvalue weighted by molar-refractivity contribution is 6.06. The minimum Gasteiger partial charge on any atom is -0.378 e. The summed E-state index contributed by atoms with van der Waals surface area (Å²) in [5.74, 6) is -0.254. The van der Waals surface area contributed by atoms with Crippen LogP contribution in [0.25, 0.3) is 0 Å². The van der Waals surface area contributed by atoms with Gasteiger partial charge in [0, 0.05) is 37.0 Å². The number of nitrogens with zero attached hydrogens (tertiary/aromatic N) is 3. The molecule has 3 rings (SSSR count). The van der Waals surface area contributed by atoms with Crippen LogP contribution >= 0.6 is 0 Å². The first kappa shape index (κ1) is 17.9. The molecule has 1 aliphatic heterocycles. The Morgan fingerprint density at radius 1 is 1.19 bits per heavy atom. The van der Waals surface area contributed by atoms with E-state index in [9.17, 15) is 14.9 Å². The van der Waals surface area contributed by atoms with E-state index in [1.165, 1.54) is 6.07 Å². The quantitative estimate of drug-likeness (QED) is 0.608. The Hall–Kier alpha value is -2.93. The van der Waals surface area contributed by atoms with Crippen LogP contribution in [0.15, 0.2) is 48.5 Å². The molecule has 0 aliphatic carbocycles. The van der Waals surface area contributed by atoms with Crippen molar-refractivity contribution in [2.45, 2.75) is 6.92 Å². The largest absolute Gasteiger partial charge is 0.378 e. The lowest BCUT2D eigenvalue weighted by molar-refractivity contribution is -0.384. The van der Waals surface area contributed by atoms with E-state index in [1.54, 1.807) is 17.0 Å². The lowest BCUT2D eigenvalue weighted by Gasteiger charge is -2.28. The molecular formula is C19H21N3O4. The maximum absolute atomic E-state index is 12.9. The van der Waals surface area contributed by atoms with Gasteiger partial charge in [0.05, 0.1) is 18.1 Å². The fourth-order valence-corrected chi connectivity index (χ4v) is 3.08. The number of morpholine rings is 1. The third-order valence-corrected chi connectivity index (χ3v) is 4.40. The highest BCUT2D eigenvalue weighted by atomic mass is 16.6. The lowest BCUT2D eigenvalue weighted by atomic mass is 10.1. The molecular weight excluding hydrogens is 334 g/mol. The van der Waals surface area contributed by atoms with Gasteiger partial charge >= 0.3 is 0 Å². The Balaban J connectivity index is 1.93. The highest BCUT2D eigenvalue weighted by Crippen LogP contribution is 2.30. The second-order valence-corrected chi connectivity index (χ2v) is 5.94. The molecule has 0 N–H and O–H groups in total. The van der Waals surface area contributed by atoms with Gasteiger partial charge in [-0.15, -0.1) is 0 Å². The van der Waals surface area contributed by atoms with Gasteiger partial charge in [0.1, 0.15) is 5.69 Å². The molecule has 0 unspecified atom stereocenters. The first-order valence-electron chi connectivity index (χ1n) is 8.60. The van der Waals surface area contributed by atoms with Crippen LogP contribution in [0.3, 0.4) is 0 Å². The zero-order valence-electron chi connectivity index (χ0n) is 14.6. The lowest BCUT2D eigenvalue weighted by Crippen LogP contribution is -2.36. The molecule has 1 amide bonds. The van der Waals surface area contributed by atoms with E-state index in [0.29, 0.717) is 44.1 Å². The van der Waals surface area contributed by atoms with Gasteiger partial charge in [-0.1, -0.05) is 18.2 Å². The average molecular weight is 355 g/mol. The van der Waals surface area contributed by atoms with E-state index in [-0.39, 0.29) is 11.6 Å². The van der Waals surface area contributed by atoms with Gasteiger partial charge in [-0.3, -0.25) is 14.9 Å². The van der Waals surface area contributed by atoms with Crippen LogP contribution in [0.5, 0.6) is 0 Å². The molecule has 0 bridgehead atoms. The number of anilines is 2. The van der Waals surface area contributed by atoms with Crippen molar-refractivity contribution in [3.05, 3.63) is 64.2 Å². The van der Waals surface area contributed by atoms with Crippen LogP contribution in [-0.2, 0) is 4.74 Å². The molecule has 0 aromatic heterocycles. The number of amides is 1. The average Bonchev–Trinajstić information content (AvgIpc) is 2.69. The van der Waals surface area contributed by atoms with Gasteiger partial charge in [0.2, 0.25) is 0 Å². The first-order chi connectivity index (χ1) is 12.6. The Morgan fingerprint density at radius 3 is 2.50 bits per heavy atom. The Labute approximate surface area is 151 Å². The summed E-state index contributed by atoms with van der Waals surface area (Å²) in [6.07, 6.45) is 0. The number of rotatable bonds is 5. The van der Waals surface area contributed by atoms with Crippen LogP contribution in [0.4, 0.5) is 17.1 Å². The van der Waals surface area contributed by atoms with Crippen molar-refractivity contribution in [3.8, 4) is 0 Å². The maximum Gasteiger partial charge on any atom is 0.293 e. The molecule has 1 saturated heterocycles. The smallest absolute Gasteiger partial charge is 0.293 e. The molecule has 26 heavy (non-hydrogen) atoms. The number of carbonyl (C=O) groups is 1. The fourth-order valence-electron chi connectivity index (χ4n) is 3.08. The fraction of sp³-hybridized carbons (Fsp3) is 0.316. The number of nitro benzene ring substituents is 1. The van der Waals surface area contributed by atoms with Gasteiger partial charge in [0.15, 0.2) is 0 Å². The second kappa shape index (κ2) is 7.97. The summed E-state index contributed by atoms with van der Waals surface area (Å²) in [7, 11) is 0. The Kier molecular flexibility index (Phi) is 5.48. The summed E-state index contributed by atoms with van der Waals surface area (Å²) in [6.45, 7) is 4.62. The molecule has 1 heterocycles. The van der Waals surface area contributed by atoms with Gasteiger partial charge < -0.3 is 14.5 Å². The van der Waals surface area contributed by atoms with Gasteiger partial charge in [-0.05, 0) is 31.2 Å². The standard InChI is InChI=1S/C19H21N3O4/c1-2-21(16-6-4-3-5-7-16)19(23)15-8-9-17(18(14-15)22(24)25)20-10-12-26-13-11-20/h3-9,14H,2,10-13H2,1H3. The first-order valence-corrected chi connectivity index (χ1v) is 8.60. The molecule has 7 nitrogen and oxygen atoms in total. The number of nitro groups is 1. The van der Waals surface area contributed by atoms with Crippen LogP contribution in [0.2, 0.25) is 0 Å². The van der Waals surface area contributed by atoms with Crippen LogP contribution in [0.1, 0.15) is 17.3 Å². The Morgan fingerprint density at radius 2 is 1.88 bits per heavy atom. The topological polar surface area (TPSA) is 75.9 Å². The SMILES string of the molecule is CCN(C(=O)c1ccc(N2CCOCC2)c([N+](=O)[O-])c1)c1ccccc1. The molecule has 0 spiro atoms. The maximum atomic E-state index is 12.9. The zero-order chi connectivity index (χ0) is 18.5. The molecule has 1 aliphatic rings. The second-order valence-electron chi connectivity index (χ2n) is 5.94. The van der Waals surface area contributed by atoms with Crippen molar-refractivity contribution in [2.75, 3.05) is 42.6 Å². The Bertz CT molecular complexity index is 789.